The quantitative estimate of drug-likeness (QED) is 0.666. The maximum absolute atomic E-state index is 5.93. The summed E-state index contributed by atoms with van der Waals surface area (Å²) in [4.78, 5) is 0. The third-order valence-corrected chi connectivity index (χ3v) is 3.74. The Hall–Kier alpha value is -0.160. The summed E-state index contributed by atoms with van der Waals surface area (Å²) < 4.78 is 22.3. The van der Waals surface area contributed by atoms with Gasteiger partial charge in [0.25, 0.3) is 0 Å². The van der Waals surface area contributed by atoms with Crippen molar-refractivity contribution in [3.63, 3.8) is 0 Å². The largest absolute Gasteiger partial charge is 0.355 e. The Bertz CT molecular complexity index is 225. The van der Waals surface area contributed by atoms with Crippen LogP contribution in [-0.4, -0.2) is 38.5 Å². The van der Waals surface area contributed by atoms with Crippen molar-refractivity contribution in [3.8, 4) is 0 Å². The van der Waals surface area contributed by atoms with E-state index in [-0.39, 0.29) is 17.3 Å². The summed E-state index contributed by atoms with van der Waals surface area (Å²) in [6.07, 6.45) is 0.801. The molecule has 2 atom stereocenters. The van der Waals surface area contributed by atoms with Crippen LogP contribution in [0.4, 0.5) is 0 Å². The molecule has 0 saturated carbocycles. The minimum absolute atomic E-state index is 0.137. The first kappa shape index (κ1) is 11.3. The predicted molar refractivity (Wildman–Crippen MR) is 54.4 cm³/mol. The van der Waals surface area contributed by atoms with E-state index in [9.17, 15) is 0 Å². The Kier molecular flexibility index (Phi) is 3.03. The van der Waals surface area contributed by atoms with Crippen LogP contribution < -0.4 is 0 Å². The van der Waals surface area contributed by atoms with Crippen LogP contribution in [0.25, 0.3) is 0 Å². The lowest BCUT2D eigenvalue weighted by atomic mass is 9.71. The van der Waals surface area contributed by atoms with E-state index >= 15 is 0 Å². The molecule has 2 saturated heterocycles. The molecule has 0 aromatic carbocycles. The van der Waals surface area contributed by atoms with Crippen LogP contribution >= 0.6 is 0 Å². The Morgan fingerprint density at radius 3 is 2.47 bits per heavy atom. The summed E-state index contributed by atoms with van der Waals surface area (Å²) in [5.41, 5.74) is -0.363. The maximum atomic E-state index is 5.93. The zero-order valence-corrected chi connectivity index (χ0v) is 9.75. The van der Waals surface area contributed by atoms with E-state index in [1.807, 2.05) is 6.92 Å². The van der Waals surface area contributed by atoms with Crippen molar-refractivity contribution >= 4 is 0 Å². The fourth-order valence-corrected chi connectivity index (χ4v) is 2.38. The molecule has 88 valence electrons. The van der Waals surface area contributed by atoms with Gasteiger partial charge in [-0.3, -0.25) is 0 Å². The van der Waals surface area contributed by atoms with Gasteiger partial charge < -0.3 is 18.9 Å². The Balaban J connectivity index is 2.20. The summed E-state index contributed by atoms with van der Waals surface area (Å²) in [6, 6.07) is 0. The lowest BCUT2D eigenvalue weighted by Gasteiger charge is -2.53. The summed E-state index contributed by atoms with van der Waals surface area (Å²) >= 11 is 0. The van der Waals surface area contributed by atoms with Gasteiger partial charge in [0.15, 0.2) is 6.29 Å². The fraction of sp³-hybridized carbons (Fsp3) is 1.00. The summed E-state index contributed by atoms with van der Waals surface area (Å²) in [7, 11) is 0. The lowest BCUT2D eigenvalue weighted by Crippen LogP contribution is -2.62. The number of ether oxygens (including phenoxy) is 4. The van der Waals surface area contributed by atoms with Crippen LogP contribution in [0, 0.1) is 5.41 Å². The van der Waals surface area contributed by atoms with E-state index in [4.69, 9.17) is 18.9 Å². The van der Waals surface area contributed by atoms with E-state index in [2.05, 4.69) is 13.8 Å². The van der Waals surface area contributed by atoms with E-state index in [0.717, 1.165) is 6.42 Å². The van der Waals surface area contributed by atoms with Crippen LogP contribution in [0.1, 0.15) is 27.2 Å². The molecule has 2 heterocycles. The lowest BCUT2D eigenvalue weighted by molar-refractivity contribution is -0.342. The average Bonchev–Trinajstić information content (AvgIpc) is 2.26. The third kappa shape index (κ3) is 1.80. The molecule has 1 spiro atoms. The van der Waals surface area contributed by atoms with Crippen LogP contribution in [0.15, 0.2) is 0 Å². The second-order valence-electron chi connectivity index (χ2n) is 4.68. The van der Waals surface area contributed by atoms with E-state index < -0.39 is 0 Å². The van der Waals surface area contributed by atoms with Gasteiger partial charge in [-0.05, 0) is 20.3 Å². The molecule has 0 N–H and O–H groups in total. The van der Waals surface area contributed by atoms with Gasteiger partial charge >= 0.3 is 0 Å². The highest BCUT2D eigenvalue weighted by molar-refractivity contribution is 4.99. The van der Waals surface area contributed by atoms with Gasteiger partial charge in [0, 0.05) is 0 Å². The Morgan fingerprint density at radius 1 is 1.20 bits per heavy atom. The van der Waals surface area contributed by atoms with Crippen molar-refractivity contribution in [1.82, 2.24) is 0 Å². The molecule has 0 aliphatic carbocycles. The molecular formula is C11H20O4. The molecule has 2 aliphatic rings. The van der Waals surface area contributed by atoms with Crippen LogP contribution in [-0.2, 0) is 18.9 Å². The molecule has 2 aliphatic heterocycles. The van der Waals surface area contributed by atoms with Gasteiger partial charge in [-0.1, -0.05) is 6.92 Å². The minimum Gasteiger partial charge on any atom is -0.355 e. The molecule has 0 bridgehead atoms. The van der Waals surface area contributed by atoms with E-state index in [1.54, 1.807) is 0 Å². The summed E-state index contributed by atoms with van der Waals surface area (Å²) in [5, 5.41) is 0. The Labute approximate surface area is 90.8 Å². The van der Waals surface area contributed by atoms with Gasteiger partial charge in [0.1, 0.15) is 6.79 Å². The zero-order valence-electron chi connectivity index (χ0n) is 9.75. The molecular weight excluding hydrogens is 196 g/mol. The highest BCUT2D eigenvalue weighted by atomic mass is 16.7. The normalized spacial score (nSPS) is 40.6. The second-order valence-corrected chi connectivity index (χ2v) is 4.68. The average molecular weight is 216 g/mol. The summed E-state index contributed by atoms with van der Waals surface area (Å²) in [6.45, 7) is 8.55. The van der Waals surface area contributed by atoms with Gasteiger partial charge in [0.05, 0.1) is 30.8 Å². The zero-order chi connectivity index (χ0) is 10.9. The van der Waals surface area contributed by atoms with Crippen molar-refractivity contribution < 1.29 is 18.9 Å². The smallest absolute Gasteiger partial charge is 0.155 e. The first-order valence-corrected chi connectivity index (χ1v) is 5.57. The van der Waals surface area contributed by atoms with Crippen molar-refractivity contribution in [2.24, 2.45) is 5.41 Å². The van der Waals surface area contributed by atoms with Crippen molar-refractivity contribution in [2.45, 2.75) is 39.1 Å². The number of rotatable bonds is 1. The molecule has 2 fully saturated rings. The predicted octanol–water partition coefficient (Wildman–Crippen LogP) is 1.54. The highest BCUT2D eigenvalue weighted by Gasteiger charge is 2.54. The molecule has 0 aromatic heterocycles. The molecule has 0 radical (unpaired) electrons. The minimum atomic E-state index is -0.217. The SMILES string of the molecule is CCC1(C)OC(C)OCC12COCOC2. The van der Waals surface area contributed by atoms with Gasteiger partial charge in [-0.2, -0.15) is 0 Å². The molecule has 0 aromatic rings. The molecule has 2 rings (SSSR count). The topological polar surface area (TPSA) is 36.9 Å². The van der Waals surface area contributed by atoms with E-state index in [0.29, 0.717) is 26.6 Å². The molecule has 4 nitrogen and oxygen atoms in total. The van der Waals surface area contributed by atoms with Crippen molar-refractivity contribution in [2.75, 3.05) is 26.6 Å². The molecule has 2 unspecified atom stereocenters. The maximum Gasteiger partial charge on any atom is 0.155 e. The highest BCUT2D eigenvalue weighted by Crippen LogP contribution is 2.44. The fourth-order valence-electron chi connectivity index (χ4n) is 2.38. The first-order chi connectivity index (χ1) is 7.12. The van der Waals surface area contributed by atoms with Crippen molar-refractivity contribution in [3.05, 3.63) is 0 Å². The van der Waals surface area contributed by atoms with E-state index in [1.165, 1.54) is 0 Å². The Morgan fingerprint density at radius 2 is 1.87 bits per heavy atom. The number of hydrogen-bond acceptors (Lipinski definition) is 4. The summed E-state index contributed by atoms with van der Waals surface area (Å²) in [5.74, 6) is 0. The van der Waals surface area contributed by atoms with Gasteiger partial charge in [-0.15, -0.1) is 0 Å². The molecule has 15 heavy (non-hydrogen) atoms. The van der Waals surface area contributed by atoms with Crippen molar-refractivity contribution in [1.29, 1.82) is 0 Å². The van der Waals surface area contributed by atoms with Gasteiger partial charge in [-0.25, -0.2) is 0 Å². The molecule has 4 heteroatoms. The van der Waals surface area contributed by atoms with Crippen LogP contribution in [0.3, 0.4) is 0 Å². The first-order valence-electron chi connectivity index (χ1n) is 5.57. The van der Waals surface area contributed by atoms with Crippen LogP contribution in [0.2, 0.25) is 0 Å². The monoisotopic (exact) mass is 216 g/mol. The van der Waals surface area contributed by atoms with Gasteiger partial charge in [0.2, 0.25) is 0 Å². The standard InChI is InChI=1S/C11H20O4/c1-4-10(3)11(5-12-8-13-6-11)7-14-9(2)15-10/h9H,4-8H2,1-3H3. The number of hydrogen-bond donors (Lipinski definition) is 0. The molecule has 0 amide bonds. The second kappa shape index (κ2) is 4.01. The third-order valence-electron chi connectivity index (χ3n) is 3.74. The van der Waals surface area contributed by atoms with Crippen LogP contribution in [0.5, 0.6) is 0 Å².